The summed E-state index contributed by atoms with van der Waals surface area (Å²) < 4.78 is 0. The van der Waals surface area contributed by atoms with Crippen LogP contribution in [0.5, 0.6) is 0 Å². The highest BCUT2D eigenvalue weighted by Crippen LogP contribution is 2.40. The van der Waals surface area contributed by atoms with Gasteiger partial charge < -0.3 is 0 Å². The van der Waals surface area contributed by atoms with Crippen LogP contribution in [0.2, 0.25) is 0 Å². The summed E-state index contributed by atoms with van der Waals surface area (Å²) in [6.07, 6.45) is 3.79. The number of aromatic nitrogens is 4. The van der Waals surface area contributed by atoms with Crippen LogP contribution in [0.3, 0.4) is 0 Å². The van der Waals surface area contributed by atoms with E-state index in [-0.39, 0.29) is 0 Å². The number of fused-ring (bicyclic) bond motifs is 6. The van der Waals surface area contributed by atoms with Crippen molar-refractivity contribution in [1.82, 2.24) is 19.9 Å². The number of pyridine rings is 1. The van der Waals surface area contributed by atoms with E-state index in [9.17, 15) is 0 Å². The molecule has 242 valence electrons. The Morgan fingerprint density at radius 1 is 0.308 bits per heavy atom. The molecular formula is C48H30N4. The zero-order chi connectivity index (χ0) is 34.4. The highest BCUT2D eigenvalue weighted by molar-refractivity contribution is 6.22. The number of hydrogen-bond donors (Lipinski definition) is 0. The normalized spacial score (nSPS) is 11.5. The van der Waals surface area contributed by atoms with Crippen molar-refractivity contribution in [2.45, 2.75) is 0 Å². The summed E-state index contributed by atoms with van der Waals surface area (Å²) in [5.74, 6) is 1.86. The number of benzene rings is 8. The van der Waals surface area contributed by atoms with E-state index >= 15 is 0 Å². The Morgan fingerprint density at radius 2 is 0.962 bits per heavy atom. The van der Waals surface area contributed by atoms with E-state index in [0.717, 1.165) is 65.9 Å². The fourth-order valence-corrected chi connectivity index (χ4v) is 7.44. The Kier molecular flexibility index (Phi) is 7.10. The van der Waals surface area contributed by atoms with Gasteiger partial charge in [0.2, 0.25) is 0 Å². The molecule has 0 N–H and O–H groups in total. The van der Waals surface area contributed by atoms with Gasteiger partial charge in [-0.15, -0.1) is 0 Å². The van der Waals surface area contributed by atoms with Crippen LogP contribution < -0.4 is 0 Å². The fourth-order valence-electron chi connectivity index (χ4n) is 7.44. The lowest BCUT2D eigenvalue weighted by Gasteiger charge is -2.15. The second-order valence-electron chi connectivity index (χ2n) is 13.1. The predicted molar refractivity (Wildman–Crippen MR) is 215 cm³/mol. The van der Waals surface area contributed by atoms with Gasteiger partial charge in [0.25, 0.3) is 0 Å². The van der Waals surface area contributed by atoms with E-state index < -0.39 is 0 Å². The Bertz CT molecular complexity index is 2960. The van der Waals surface area contributed by atoms with Crippen molar-refractivity contribution < 1.29 is 0 Å². The van der Waals surface area contributed by atoms with E-state index in [4.69, 9.17) is 15.0 Å². The van der Waals surface area contributed by atoms with Crippen LogP contribution in [0.25, 0.3) is 99.5 Å². The molecule has 0 saturated heterocycles. The molecule has 0 saturated carbocycles. The van der Waals surface area contributed by atoms with Crippen LogP contribution in [0, 0.1) is 0 Å². The molecule has 0 aliphatic carbocycles. The maximum atomic E-state index is 5.30. The van der Waals surface area contributed by atoms with Gasteiger partial charge in [0.15, 0.2) is 17.5 Å². The number of hydrogen-bond acceptors (Lipinski definition) is 4. The standard InChI is InChI=1S/C48H30N4/c1-3-12-32(13-4-1)42-29-38(22-23-40(42)37-20-19-31-11-7-8-16-35(31)27-37)47-50-46(34-14-5-2-6-15-34)51-48(52-47)43-28-36-17-9-10-18-39(36)41-24-21-33-25-26-49-30-44(33)45(41)43/h1-30H. The minimum Gasteiger partial charge on any atom is -0.264 e. The summed E-state index contributed by atoms with van der Waals surface area (Å²) in [5, 5.41) is 9.15. The van der Waals surface area contributed by atoms with E-state index in [0.29, 0.717) is 17.5 Å². The molecule has 10 aromatic rings. The molecule has 0 aliphatic rings. The van der Waals surface area contributed by atoms with Crippen molar-refractivity contribution in [3.05, 3.63) is 182 Å². The lowest BCUT2D eigenvalue weighted by molar-refractivity contribution is 1.08. The zero-order valence-electron chi connectivity index (χ0n) is 28.1. The van der Waals surface area contributed by atoms with Crippen LogP contribution in [-0.2, 0) is 0 Å². The summed E-state index contributed by atoms with van der Waals surface area (Å²) >= 11 is 0. The molecule has 0 fully saturated rings. The van der Waals surface area contributed by atoms with Crippen LogP contribution in [0.4, 0.5) is 0 Å². The average Bonchev–Trinajstić information content (AvgIpc) is 3.23. The summed E-state index contributed by atoms with van der Waals surface area (Å²) in [6.45, 7) is 0. The Morgan fingerprint density at radius 3 is 1.79 bits per heavy atom. The smallest absolute Gasteiger partial charge is 0.164 e. The molecule has 4 nitrogen and oxygen atoms in total. The van der Waals surface area contributed by atoms with Gasteiger partial charge >= 0.3 is 0 Å². The third-order valence-corrected chi connectivity index (χ3v) is 9.97. The summed E-state index contributed by atoms with van der Waals surface area (Å²) in [7, 11) is 0. The van der Waals surface area contributed by atoms with Gasteiger partial charge in [-0.25, -0.2) is 15.0 Å². The fraction of sp³-hybridized carbons (Fsp3) is 0. The van der Waals surface area contributed by atoms with E-state index in [1.165, 1.54) is 16.2 Å². The predicted octanol–water partition coefficient (Wildman–Crippen LogP) is 12.2. The first-order valence-corrected chi connectivity index (χ1v) is 17.5. The largest absolute Gasteiger partial charge is 0.264 e. The molecular weight excluding hydrogens is 633 g/mol. The monoisotopic (exact) mass is 662 g/mol. The van der Waals surface area contributed by atoms with Gasteiger partial charge in [-0.3, -0.25) is 4.98 Å². The molecule has 52 heavy (non-hydrogen) atoms. The third-order valence-electron chi connectivity index (χ3n) is 9.97. The average molecular weight is 663 g/mol. The first kappa shape index (κ1) is 29.8. The number of rotatable bonds is 5. The summed E-state index contributed by atoms with van der Waals surface area (Å²) in [4.78, 5) is 20.2. The van der Waals surface area contributed by atoms with Crippen molar-refractivity contribution in [2.24, 2.45) is 0 Å². The highest BCUT2D eigenvalue weighted by Gasteiger charge is 2.19. The molecule has 0 atom stereocenters. The third kappa shape index (κ3) is 5.17. The van der Waals surface area contributed by atoms with Crippen LogP contribution in [0.15, 0.2) is 182 Å². The van der Waals surface area contributed by atoms with Crippen molar-refractivity contribution in [1.29, 1.82) is 0 Å². The first-order chi connectivity index (χ1) is 25.8. The minimum atomic E-state index is 0.616. The summed E-state index contributed by atoms with van der Waals surface area (Å²) in [6, 6.07) is 59.7. The molecule has 2 aromatic heterocycles. The molecule has 0 spiro atoms. The maximum absolute atomic E-state index is 5.30. The van der Waals surface area contributed by atoms with Crippen molar-refractivity contribution in [2.75, 3.05) is 0 Å². The summed E-state index contributed by atoms with van der Waals surface area (Å²) in [5.41, 5.74) is 7.35. The Hall–Kier alpha value is -7.04. The minimum absolute atomic E-state index is 0.616. The van der Waals surface area contributed by atoms with Crippen LogP contribution in [0.1, 0.15) is 0 Å². The molecule has 4 heteroatoms. The highest BCUT2D eigenvalue weighted by atomic mass is 15.0. The van der Waals surface area contributed by atoms with E-state index in [2.05, 4.69) is 157 Å². The SMILES string of the molecule is c1ccc(-c2nc(-c3ccc(-c4ccc5ccccc5c4)c(-c4ccccc4)c3)nc(-c3cc4ccccc4c4ccc5ccncc5c34)n2)cc1. The van der Waals surface area contributed by atoms with Crippen molar-refractivity contribution in [3.8, 4) is 56.4 Å². The molecule has 0 radical (unpaired) electrons. The zero-order valence-corrected chi connectivity index (χ0v) is 28.1. The van der Waals surface area contributed by atoms with Crippen molar-refractivity contribution in [3.63, 3.8) is 0 Å². The van der Waals surface area contributed by atoms with Gasteiger partial charge in [-0.05, 0) is 78.8 Å². The van der Waals surface area contributed by atoms with Gasteiger partial charge in [0.1, 0.15) is 0 Å². The van der Waals surface area contributed by atoms with Crippen LogP contribution >= 0.6 is 0 Å². The maximum Gasteiger partial charge on any atom is 0.164 e. The topological polar surface area (TPSA) is 51.6 Å². The lowest BCUT2D eigenvalue weighted by Crippen LogP contribution is -2.01. The second kappa shape index (κ2) is 12.4. The van der Waals surface area contributed by atoms with Gasteiger partial charge in [0.05, 0.1) is 0 Å². The molecule has 0 amide bonds. The second-order valence-corrected chi connectivity index (χ2v) is 13.1. The molecule has 8 aromatic carbocycles. The van der Waals surface area contributed by atoms with E-state index in [1.54, 1.807) is 0 Å². The van der Waals surface area contributed by atoms with E-state index in [1.807, 2.05) is 30.6 Å². The van der Waals surface area contributed by atoms with Gasteiger partial charge in [-0.1, -0.05) is 146 Å². The molecule has 0 aliphatic heterocycles. The van der Waals surface area contributed by atoms with Crippen molar-refractivity contribution >= 4 is 43.1 Å². The van der Waals surface area contributed by atoms with Gasteiger partial charge in [-0.2, -0.15) is 0 Å². The Labute approximate surface area is 300 Å². The van der Waals surface area contributed by atoms with Crippen LogP contribution in [-0.4, -0.2) is 19.9 Å². The molecule has 0 unspecified atom stereocenters. The first-order valence-electron chi connectivity index (χ1n) is 17.5. The molecule has 10 rings (SSSR count). The molecule has 2 heterocycles. The lowest BCUT2D eigenvalue weighted by atomic mass is 9.91. The number of nitrogens with zero attached hydrogens (tertiary/aromatic N) is 4. The quantitative estimate of drug-likeness (QED) is 0.172. The molecule has 0 bridgehead atoms. The Balaban J connectivity index is 1.24. The van der Waals surface area contributed by atoms with Gasteiger partial charge in [0, 0.05) is 39.9 Å².